The molecule has 0 aromatic heterocycles. The Morgan fingerprint density at radius 2 is 1.80 bits per heavy atom. The Morgan fingerprint density at radius 3 is 2.50 bits per heavy atom. The third-order valence-corrected chi connectivity index (χ3v) is 3.55. The van der Waals surface area contributed by atoms with E-state index in [9.17, 15) is 8.78 Å². The maximum atomic E-state index is 13.3. The van der Waals surface area contributed by atoms with Crippen LogP contribution in [0.1, 0.15) is 18.1 Å². The highest BCUT2D eigenvalue weighted by molar-refractivity contribution is 6.31. The van der Waals surface area contributed by atoms with Gasteiger partial charge in [0.1, 0.15) is 11.6 Å². The summed E-state index contributed by atoms with van der Waals surface area (Å²) in [6.07, 6.45) is 0.771. The molecule has 0 amide bonds. The van der Waals surface area contributed by atoms with Crippen LogP contribution in [0.5, 0.6) is 0 Å². The van der Waals surface area contributed by atoms with Gasteiger partial charge in [0, 0.05) is 12.6 Å². The fraction of sp³-hybridized carbons (Fsp3) is 0.250. The smallest absolute Gasteiger partial charge is 0.142 e. The number of benzene rings is 2. The van der Waals surface area contributed by atoms with Gasteiger partial charge in [-0.05, 0) is 42.7 Å². The fourth-order valence-corrected chi connectivity index (χ4v) is 2.21. The van der Waals surface area contributed by atoms with E-state index in [1.165, 1.54) is 18.2 Å². The lowest BCUT2D eigenvalue weighted by atomic mass is 10.1. The summed E-state index contributed by atoms with van der Waals surface area (Å²) in [5.74, 6) is -0.641. The maximum Gasteiger partial charge on any atom is 0.142 e. The van der Waals surface area contributed by atoms with Gasteiger partial charge in [-0.15, -0.1) is 0 Å². The number of rotatable bonds is 5. The topological polar surface area (TPSA) is 12.0 Å². The molecule has 0 aliphatic carbocycles. The Kier molecular flexibility index (Phi) is 5.10. The predicted molar refractivity (Wildman–Crippen MR) is 77.8 cm³/mol. The van der Waals surface area contributed by atoms with E-state index >= 15 is 0 Å². The van der Waals surface area contributed by atoms with Gasteiger partial charge in [-0.25, -0.2) is 8.78 Å². The summed E-state index contributed by atoms with van der Waals surface area (Å²) in [6, 6.07) is 11.4. The summed E-state index contributed by atoms with van der Waals surface area (Å²) < 4.78 is 26.1. The number of hydrogen-bond acceptors (Lipinski definition) is 1. The highest BCUT2D eigenvalue weighted by atomic mass is 35.5. The molecular formula is C16H16ClF2N. The molecule has 2 aromatic rings. The lowest BCUT2D eigenvalue weighted by Crippen LogP contribution is -2.27. The zero-order chi connectivity index (χ0) is 14.5. The van der Waals surface area contributed by atoms with E-state index in [4.69, 9.17) is 11.6 Å². The first kappa shape index (κ1) is 14.9. The second-order valence-corrected chi connectivity index (χ2v) is 5.20. The monoisotopic (exact) mass is 295 g/mol. The van der Waals surface area contributed by atoms with E-state index in [1.807, 2.05) is 6.92 Å². The minimum Gasteiger partial charge on any atom is -0.310 e. The van der Waals surface area contributed by atoms with Gasteiger partial charge in [-0.1, -0.05) is 35.9 Å². The fourth-order valence-electron chi connectivity index (χ4n) is 2.02. The van der Waals surface area contributed by atoms with Crippen molar-refractivity contribution in [1.29, 1.82) is 0 Å². The molecule has 0 aliphatic rings. The van der Waals surface area contributed by atoms with Gasteiger partial charge in [0.05, 0.1) is 5.02 Å². The van der Waals surface area contributed by atoms with Crippen LogP contribution in [0.4, 0.5) is 8.78 Å². The Balaban J connectivity index is 1.90. The zero-order valence-corrected chi connectivity index (χ0v) is 11.9. The molecule has 0 radical (unpaired) electrons. The van der Waals surface area contributed by atoms with Crippen molar-refractivity contribution in [2.45, 2.75) is 25.9 Å². The summed E-state index contributed by atoms with van der Waals surface area (Å²) in [4.78, 5) is 0. The molecule has 1 nitrogen and oxygen atoms in total. The largest absolute Gasteiger partial charge is 0.310 e. The van der Waals surface area contributed by atoms with E-state index in [2.05, 4.69) is 5.32 Å². The molecule has 0 fully saturated rings. The highest BCUT2D eigenvalue weighted by Gasteiger charge is 2.08. The average Bonchev–Trinajstić information content (AvgIpc) is 2.43. The molecule has 0 saturated heterocycles. The van der Waals surface area contributed by atoms with Crippen molar-refractivity contribution in [2.75, 3.05) is 0 Å². The van der Waals surface area contributed by atoms with Crippen LogP contribution in [0.2, 0.25) is 5.02 Å². The first-order valence-corrected chi connectivity index (χ1v) is 6.85. The van der Waals surface area contributed by atoms with Gasteiger partial charge < -0.3 is 5.32 Å². The Hall–Kier alpha value is -1.45. The van der Waals surface area contributed by atoms with Gasteiger partial charge in [0.15, 0.2) is 0 Å². The van der Waals surface area contributed by atoms with Gasteiger partial charge in [0.25, 0.3) is 0 Å². The molecule has 20 heavy (non-hydrogen) atoms. The number of nitrogens with one attached hydrogen (secondary N) is 1. The molecule has 0 bridgehead atoms. The van der Waals surface area contributed by atoms with E-state index in [0.717, 1.165) is 17.5 Å². The first-order valence-electron chi connectivity index (χ1n) is 6.47. The van der Waals surface area contributed by atoms with E-state index in [1.54, 1.807) is 24.3 Å². The van der Waals surface area contributed by atoms with Crippen molar-refractivity contribution in [3.63, 3.8) is 0 Å². The van der Waals surface area contributed by atoms with Gasteiger partial charge >= 0.3 is 0 Å². The summed E-state index contributed by atoms with van der Waals surface area (Å²) >= 11 is 5.90. The molecule has 2 rings (SSSR count). The molecular weight excluding hydrogens is 280 g/mol. The Labute approximate surface area is 122 Å². The van der Waals surface area contributed by atoms with E-state index < -0.39 is 5.82 Å². The Morgan fingerprint density at radius 1 is 1.10 bits per heavy atom. The van der Waals surface area contributed by atoms with Crippen molar-refractivity contribution in [3.05, 3.63) is 70.2 Å². The van der Waals surface area contributed by atoms with Gasteiger partial charge in [-0.2, -0.15) is 0 Å². The normalized spacial score (nSPS) is 12.4. The van der Waals surface area contributed by atoms with Crippen LogP contribution < -0.4 is 5.32 Å². The summed E-state index contributed by atoms with van der Waals surface area (Å²) in [6.45, 7) is 2.52. The van der Waals surface area contributed by atoms with Crippen LogP contribution in [0.25, 0.3) is 0 Å². The van der Waals surface area contributed by atoms with Crippen LogP contribution in [0.15, 0.2) is 42.5 Å². The average molecular weight is 296 g/mol. The molecule has 0 heterocycles. The minimum absolute atomic E-state index is 0.161. The van der Waals surface area contributed by atoms with Crippen LogP contribution in [0, 0.1) is 11.6 Å². The van der Waals surface area contributed by atoms with Crippen molar-refractivity contribution in [2.24, 2.45) is 0 Å². The van der Waals surface area contributed by atoms with Gasteiger partial charge in [0.2, 0.25) is 0 Å². The van der Waals surface area contributed by atoms with Gasteiger partial charge in [-0.3, -0.25) is 0 Å². The lowest BCUT2D eigenvalue weighted by molar-refractivity contribution is 0.542. The van der Waals surface area contributed by atoms with E-state index in [-0.39, 0.29) is 16.9 Å². The molecule has 0 saturated carbocycles. The minimum atomic E-state index is -0.405. The van der Waals surface area contributed by atoms with Crippen LogP contribution in [-0.4, -0.2) is 6.04 Å². The van der Waals surface area contributed by atoms with Crippen LogP contribution >= 0.6 is 11.6 Å². The zero-order valence-electron chi connectivity index (χ0n) is 11.2. The first-order chi connectivity index (χ1) is 9.56. The quantitative estimate of drug-likeness (QED) is 0.865. The van der Waals surface area contributed by atoms with Crippen molar-refractivity contribution < 1.29 is 8.78 Å². The summed E-state index contributed by atoms with van der Waals surface area (Å²) in [5, 5.41) is 3.45. The molecule has 0 aliphatic heterocycles. The molecule has 4 heteroatoms. The highest BCUT2D eigenvalue weighted by Crippen LogP contribution is 2.19. The second kappa shape index (κ2) is 6.82. The second-order valence-electron chi connectivity index (χ2n) is 4.83. The number of hydrogen-bond donors (Lipinski definition) is 1. The summed E-state index contributed by atoms with van der Waals surface area (Å²) in [7, 11) is 0. The maximum absolute atomic E-state index is 13.3. The van der Waals surface area contributed by atoms with Crippen molar-refractivity contribution >= 4 is 11.6 Å². The predicted octanol–water partition coefficient (Wildman–Crippen LogP) is 4.34. The van der Waals surface area contributed by atoms with Crippen LogP contribution in [-0.2, 0) is 13.0 Å². The van der Waals surface area contributed by atoms with Crippen molar-refractivity contribution in [3.8, 4) is 0 Å². The SMILES string of the molecule is CC(Cc1ccc(F)cc1)NCc1cccc(F)c1Cl. The van der Waals surface area contributed by atoms with Crippen LogP contribution in [0.3, 0.4) is 0 Å². The lowest BCUT2D eigenvalue weighted by Gasteiger charge is -2.15. The molecule has 2 aromatic carbocycles. The molecule has 1 unspecified atom stereocenters. The molecule has 1 atom stereocenters. The van der Waals surface area contributed by atoms with E-state index in [0.29, 0.717) is 6.54 Å². The molecule has 1 N–H and O–H groups in total. The van der Waals surface area contributed by atoms with Crippen molar-refractivity contribution in [1.82, 2.24) is 5.32 Å². The standard InChI is InChI=1S/C16H16ClF2N/c1-11(9-12-5-7-14(18)8-6-12)20-10-13-3-2-4-15(19)16(13)17/h2-8,11,20H,9-10H2,1H3. The summed E-state index contributed by atoms with van der Waals surface area (Å²) in [5.41, 5.74) is 1.79. The molecule has 0 spiro atoms. The Bertz CT molecular complexity index is 569. The third kappa shape index (κ3) is 4.02. The third-order valence-electron chi connectivity index (χ3n) is 3.13. The number of halogens is 3. The molecule has 106 valence electrons.